The highest BCUT2D eigenvalue weighted by Crippen LogP contribution is 2.25. The molecule has 0 bridgehead atoms. The molecule has 0 aliphatic carbocycles. The van der Waals surface area contributed by atoms with Crippen LogP contribution in [0.2, 0.25) is 0 Å². The number of fused-ring (bicyclic) bond motifs is 3. The summed E-state index contributed by atoms with van der Waals surface area (Å²) >= 11 is 0. The molecule has 0 atom stereocenters. The molecule has 2 aromatic rings. The number of aromatic hydroxyl groups is 1. The average molecular weight is 204 g/mol. The van der Waals surface area contributed by atoms with Crippen molar-refractivity contribution in [3.05, 3.63) is 40.1 Å². The topological polar surface area (TPSA) is 68.3 Å². The van der Waals surface area contributed by atoms with Gasteiger partial charge in [0, 0.05) is 6.42 Å². The predicted octanol–water partition coefficient (Wildman–Crippen LogP) is 0.630. The van der Waals surface area contributed by atoms with Crippen LogP contribution >= 0.6 is 0 Å². The monoisotopic (exact) mass is 204 g/mol. The van der Waals surface area contributed by atoms with Crippen LogP contribution in [0.4, 0.5) is 0 Å². The highest BCUT2D eigenvalue weighted by molar-refractivity contribution is 5.47. The van der Waals surface area contributed by atoms with Gasteiger partial charge in [-0.25, -0.2) is 9.36 Å². The Labute approximate surface area is 84.6 Å². The highest BCUT2D eigenvalue weighted by atomic mass is 16.5. The maximum Gasteiger partial charge on any atom is 0.446 e. The first-order chi connectivity index (χ1) is 7.25. The Kier molecular flexibility index (Phi) is 1.50. The van der Waals surface area contributed by atoms with Gasteiger partial charge in [-0.3, -0.25) is 4.52 Å². The van der Waals surface area contributed by atoms with E-state index in [1.165, 1.54) is 4.57 Å². The van der Waals surface area contributed by atoms with Crippen LogP contribution in [-0.4, -0.2) is 14.8 Å². The first-order valence-corrected chi connectivity index (χ1v) is 4.65. The van der Waals surface area contributed by atoms with Crippen LogP contribution in [0.3, 0.4) is 0 Å². The number of aromatic nitrogens is 2. The minimum Gasteiger partial charge on any atom is -0.508 e. The summed E-state index contributed by atoms with van der Waals surface area (Å²) in [7, 11) is 0. The molecule has 0 fully saturated rings. The molecule has 0 saturated carbocycles. The molecule has 0 saturated heterocycles. The number of benzene rings is 1. The molecular weight excluding hydrogens is 196 g/mol. The van der Waals surface area contributed by atoms with Gasteiger partial charge in [0.2, 0.25) is 0 Å². The summed E-state index contributed by atoms with van der Waals surface area (Å²) in [4.78, 5) is 11.4. The Morgan fingerprint density at radius 3 is 3.13 bits per heavy atom. The molecule has 15 heavy (non-hydrogen) atoms. The lowest BCUT2D eigenvalue weighted by Gasteiger charge is -2.15. The van der Waals surface area contributed by atoms with Crippen molar-refractivity contribution in [2.45, 2.75) is 12.8 Å². The van der Waals surface area contributed by atoms with E-state index in [4.69, 9.17) is 0 Å². The van der Waals surface area contributed by atoms with E-state index < -0.39 is 5.76 Å². The Hall–Kier alpha value is -2.04. The zero-order valence-electron chi connectivity index (χ0n) is 7.80. The quantitative estimate of drug-likeness (QED) is 0.683. The minimum absolute atomic E-state index is 0.210. The summed E-state index contributed by atoms with van der Waals surface area (Å²) in [6, 6.07) is 4.91. The largest absolute Gasteiger partial charge is 0.508 e. The number of nitrogens with zero attached hydrogens (tertiary/aromatic N) is 2. The van der Waals surface area contributed by atoms with Crippen molar-refractivity contribution in [2.24, 2.45) is 0 Å². The lowest BCUT2D eigenvalue weighted by molar-refractivity contribution is 0.379. The van der Waals surface area contributed by atoms with Crippen molar-refractivity contribution in [2.75, 3.05) is 0 Å². The predicted molar refractivity (Wildman–Crippen MR) is 51.2 cm³/mol. The Bertz CT molecular complexity index is 583. The fraction of sp³-hybridized carbons (Fsp3) is 0.200. The van der Waals surface area contributed by atoms with Crippen LogP contribution in [-0.2, 0) is 12.8 Å². The van der Waals surface area contributed by atoms with Gasteiger partial charge < -0.3 is 5.11 Å². The first kappa shape index (κ1) is 8.28. The number of hydrogen-bond acceptors (Lipinski definition) is 4. The molecule has 1 aliphatic rings. The number of phenols is 1. The maximum atomic E-state index is 11.4. The standard InChI is InChI=1S/C10H8N2O3/c13-7-2-3-8-6(5-7)1-4-9-11-15-10(14)12(8)9/h2-3,5,13H,1,4H2. The number of aryl methyl sites for hydroxylation is 2. The molecule has 1 aromatic heterocycles. The van der Waals surface area contributed by atoms with Crippen LogP contribution < -0.4 is 5.76 Å². The highest BCUT2D eigenvalue weighted by Gasteiger charge is 2.20. The van der Waals surface area contributed by atoms with Gasteiger partial charge in [0.25, 0.3) is 0 Å². The van der Waals surface area contributed by atoms with Gasteiger partial charge >= 0.3 is 5.76 Å². The molecule has 0 radical (unpaired) electrons. The SMILES string of the molecule is O=c1onc2n1-c1ccc(O)cc1CC2. The van der Waals surface area contributed by atoms with Crippen molar-refractivity contribution >= 4 is 0 Å². The van der Waals surface area contributed by atoms with E-state index in [9.17, 15) is 9.90 Å². The number of hydrogen-bond donors (Lipinski definition) is 1. The summed E-state index contributed by atoms with van der Waals surface area (Å²) in [5.74, 6) is 0.372. The Morgan fingerprint density at radius 1 is 1.40 bits per heavy atom. The van der Waals surface area contributed by atoms with Gasteiger partial charge in [-0.1, -0.05) is 5.16 Å². The fourth-order valence-electron chi connectivity index (χ4n) is 1.91. The molecule has 0 spiro atoms. The van der Waals surface area contributed by atoms with E-state index in [-0.39, 0.29) is 5.75 Å². The molecule has 5 heteroatoms. The van der Waals surface area contributed by atoms with Crippen LogP contribution in [0.1, 0.15) is 11.4 Å². The first-order valence-electron chi connectivity index (χ1n) is 4.65. The van der Waals surface area contributed by atoms with Gasteiger partial charge in [-0.2, -0.15) is 0 Å². The fourth-order valence-corrected chi connectivity index (χ4v) is 1.91. The van der Waals surface area contributed by atoms with Crippen LogP contribution in [0.5, 0.6) is 5.75 Å². The summed E-state index contributed by atoms with van der Waals surface area (Å²) in [5.41, 5.74) is 1.69. The molecule has 1 aromatic carbocycles. The third-order valence-electron chi connectivity index (χ3n) is 2.59. The molecule has 0 amide bonds. The van der Waals surface area contributed by atoms with E-state index in [0.29, 0.717) is 12.2 Å². The molecule has 5 nitrogen and oxygen atoms in total. The molecule has 1 N–H and O–H groups in total. The molecule has 2 heterocycles. The molecule has 76 valence electrons. The average Bonchev–Trinajstić information content (AvgIpc) is 2.60. The van der Waals surface area contributed by atoms with E-state index in [2.05, 4.69) is 9.68 Å². The van der Waals surface area contributed by atoms with Crippen molar-refractivity contribution < 1.29 is 9.63 Å². The van der Waals surface area contributed by atoms with E-state index in [1.54, 1.807) is 18.2 Å². The minimum atomic E-state index is -0.475. The second-order valence-electron chi connectivity index (χ2n) is 3.51. The maximum absolute atomic E-state index is 11.4. The number of rotatable bonds is 0. The van der Waals surface area contributed by atoms with Crippen LogP contribution in [0.15, 0.2) is 27.5 Å². The normalized spacial score (nSPS) is 13.3. The Morgan fingerprint density at radius 2 is 2.27 bits per heavy atom. The third kappa shape index (κ3) is 1.09. The third-order valence-corrected chi connectivity index (χ3v) is 2.59. The smallest absolute Gasteiger partial charge is 0.446 e. The van der Waals surface area contributed by atoms with E-state index in [1.807, 2.05) is 0 Å². The van der Waals surface area contributed by atoms with Crippen LogP contribution in [0, 0.1) is 0 Å². The van der Waals surface area contributed by atoms with Crippen molar-refractivity contribution in [3.63, 3.8) is 0 Å². The van der Waals surface area contributed by atoms with E-state index in [0.717, 1.165) is 17.7 Å². The summed E-state index contributed by atoms with van der Waals surface area (Å²) in [6.45, 7) is 0. The van der Waals surface area contributed by atoms with Crippen molar-refractivity contribution in [3.8, 4) is 11.4 Å². The zero-order chi connectivity index (χ0) is 10.4. The van der Waals surface area contributed by atoms with Gasteiger partial charge in [0.05, 0.1) is 5.69 Å². The summed E-state index contributed by atoms with van der Waals surface area (Å²) in [5, 5.41) is 13.0. The summed E-state index contributed by atoms with van der Waals surface area (Å²) in [6.07, 6.45) is 1.41. The molecule has 0 unspecified atom stereocenters. The second-order valence-corrected chi connectivity index (χ2v) is 3.51. The van der Waals surface area contributed by atoms with Gasteiger partial charge in [0.15, 0.2) is 5.82 Å². The van der Waals surface area contributed by atoms with Gasteiger partial charge in [-0.15, -0.1) is 0 Å². The molecule has 1 aliphatic heterocycles. The van der Waals surface area contributed by atoms with E-state index >= 15 is 0 Å². The van der Waals surface area contributed by atoms with Crippen molar-refractivity contribution in [1.29, 1.82) is 0 Å². The lowest BCUT2D eigenvalue weighted by Crippen LogP contribution is -2.20. The van der Waals surface area contributed by atoms with Gasteiger partial charge in [0.1, 0.15) is 5.75 Å². The number of phenolic OH excluding ortho intramolecular Hbond substituents is 1. The summed E-state index contributed by atoms with van der Waals surface area (Å²) < 4.78 is 6.04. The Balaban J connectivity index is 2.33. The van der Waals surface area contributed by atoms with Crippen LogP contribution in [0.25, 0.3) is 5.69 Å². The second kappa shape index (κ2) is 2.73. The lowest BCUT2D eigenvalue weighted by atomic mass is 10.0. The molecule has 3 rings (SSSR count). The zero-order valence-corrected chi connectivity index (χ0v) is 7.80. The van der Waals surface area contributed by atoms with Crippen molar-refractivity contribution in [1.82, 2.24) is 9.72 Å². The molecular formula is C10H8N2O3. The van der Waals surface area contributed by atoms with Gasteiger partial charge in [-0.05, 0) is 30.2 Å².